The van der Waals surface area contributed by atoms with E-state index in [1.54, 1.807) is 29.2 Å². The zero-order valence-electron chi connectivity index (χ0n) is 19.9. The molecule has 0 saturated carbocycles. The van der Waals surface area contributed by atoms with Crippen LogP contribution in [0.3, 0.4) is 0 Å². The zero-order valence-corrected chi connectivity index (χ0v) is 21.4. The number of benzene rings is 2. The van der Waals surface area contributed by atoms with Gasteiger partial charge in [-0.3, -0.25) is 4.79 Å². The van der Waals surface area contributed by atoms with Crippen molar-refractivity contribution < 1.29 is 18.0 Å². The van der Waals surface area contributed by atoms with Crippen LogP contribution in [0.2, 0.25) is 10.0 Å². The number of halogens is 5. The van der Waals surface area contributed by atoms with Crippen molar-refractivity contribution in [2.24, 2.45) is 5.41 Å². The summed E-state index contributed by atoms with van der Waals surface area (Å²) in [5.74, 6) is -0.217. The molecular formula is C27H31Cl2F3N2O. The van der Waals surface area contributed by atoms with Crippen LogP contribution in [-0.4, -0.2) is 36.1 Å². The summed E-state index contributed by atoms with van der Waals surface area (Å²) in [6.07, 6.45) is -1.10. The molecule has 2 aromatic carbocycles. The molecule has 1 saturated heterocycles. The number of hydrogen-bond acceptors (Lipinski definition) is 2. The average Bonchev–Trinajstić information content (AvgIpc) is 2.79. The predicted octanol–water partition coefficient (Wildman–Crippen LogP) is 7.56. The summed E-state index contributed by atoms with van der Waals surface area (Å²) >= 11 is 12.5. The van der Waals surface area contributed by atoms with Crippen molar-refractivity contribution in [2.45, 2.75) is 57.3 Å². The first kappa shape index (κ1) is 27.6. The fourth-order valence-corrected chi connectivity index (χ4v) is 5.43. The highest BCUT2D eigenvalue weighted by Crippen LogP contribution is 2.52. The third kappa shape index (κ3) is 6.60. The molecule has 0 spiro atoms. The number of hydrogen-bond donors (Lipinski definition) is 1. The lowest BCUT2D eigenvalue weighted by molar-refractivity contribution is -0.154. The maximum absolute atomic E-state index is 14.1. The van der Waals surface area contributed by atoms with Gasteiger partial charge in [0.2, 0.25) is 5.91 Å². The molecular weight excluding hydrogens is 496 g/mol. The van der Waals surface area contributed by atoms with Gasteiger partial charge in [-0.05, 0) is 54.7 Å². The highest BCUT2D eigenvalue weighted by Gasteiger charge is 2.50. The summed E-state index contributed by atoms with van der Waals surface area (Å²) in [4.78, 5) is 15.9. The molecule has 0 aliphatic carbocycles. The summed E-state index contributed by atoms with van der Waals surface area (Å²) < 4.78 is 38.6. The maximum Gasteiger partial charge on any atom is 0.401 e. The Hall–Kier alpha value is -2.02. The number of amides is 1. The van der Waals surface area contributed by atoms with Crippen molar-refractivity contribution in [3.8, 4) is 0 Å². The maximum atomic E-state index is 14.1. The van der Waals surface area contributed by atoms with Crippen LogP contribution in [-0.2, 0) is 4.79 Å². The van der Waals surface area contributed by atoms with E-state index in [1.807, 2.05) is 44.2 Å². The number of rotatable bonds is 9. The normalized spacial score (nSPS) is 23.9. The van der Waals surface area contributed by atoms with Crippen LogP contribution in [0.25, 0.3) is 0 Å². The number of carbonyl (C=O) groups is 1. The fourth-order valence-electron chi connectivity index (χ4n) is 5.11. The number of likely N-dealkylation sites (tertiary alicyclic amines) is 1. The highest BCUT2D eigenvalue weighted by atomic mass is 35.5. The van der Waals surface area contributed by atoms with Crippen LogP contribution in [0.1, 0.15) is 56.2 Å². The lowest BCUT2D eigenvalue weighted by Gasteiger charge is -2.52. The van der Waals surface area contributed by atoms with E-state index in [0.717, 1.165) is 11.1 Å². The largest absolute Gasteiger partial charge is 0.401 e. The van der Waals surface area contributed by atoms with Crippen LogP contribution >= 0.6 is 23.2 Å². The lowest BCUT2D eigenvalue weighted by Crippen LogP contribution is -2.57. The van der Waals surface area contributed by atoms with Gasteiger partial charge in [-0.25, -0.2) is 0 Å². The van der Waals surface area contributed by atoms with E-state index in [1.165, 1.54) is 0 Å². The van der Waals surface area contributed by atoms with Gasteiger partial charge in [-0.15, -0.1) is 6.58 Å². The van der Waals surface area contributed by atoms with E-state index in [9.17, 15) is 18.0 Å². The van der Waals surface area contributed by atoms with Gasteiger partial charge in [0.15, 0.2) is 0 Å². The van der Waals surface area contributed by atoms with Crippen molar-refractivity contribution in [3.63, 3.8) is 0 Å². The smallest absolute Gasteiger partial charge is 0.330 e. The third-order valence-corrected chi connectivity index (χ3v) is 7.24. The second kappa shape index (κ2) is 11.4. The number of carbonyl (C=O) groups excluding carboxylic acids is 1. The van der Waals surface area contributed by atoms with Crippen LogP contribution in [0.4, 0.5) is 13.2 Å². The van der Waals surface area contributed by atoms with Crippen LogP contribution < -0.4 is 5.32 Å². The molecule has 190 valence electrons. The number of piperidine rings is 1. The Morgan fingerprint density at radius 3 is 2.43 bits per heavy atom. The lowest BCUT2D eigenvalue weighted by atomic mass is 9.67. The topological polar surface area (TPSA) is 32.3 Å². The van der Waals surface area contributed by atoms with Gasteiger partial charge in [-0.2, -0.15) is 13.2 Å². The van der Waals surface area contributed by atoms with Gasteiger partial charge < -0.3 is 10.2 Å². The molecule has 2 aromatic rings. The first-order chi connectivity index (χ1) is 16.5. The molecule has 1 aliphatic heterocycles. The Balaban J connectivity index is 2.13. The molecule has 35 heavy (non-hydrogen) atoms. The molecule has 1 heterocycles. The van der Waals surface area contributed by atoms with Crippen LogP contribution in [0, 0.1) is 5.41 Å². The second-order valence-electron chi connectivity index (χ2n) is 9.44. The van der Waals surface area contributed by atoms with E-state index >= 15 is 0 Å². The predicted molar refractivity (Wildman–Crippen MR) is 136 cm³/mol. The van der Waals surface area contributed by atoms with E-state index < -0.39 is 30.2 Å². The molecule has 8 heteroatoms. The third-order valence-electron chi connectivity index (χ3n) is 6.76. The molecule has 1 N–H and O–H groups in total. The summed E-state index contributed by atoms with van der Waals surface area (Å²) in [6, 6.07) is 14.0. The molecule has 0 radical (unpaired) electrons. The van der Waals surface area contributed by atoms with Crippen LogP contribution in [0.5, 0.6) is 0 Å². The van der Waals surface area contributed by atoms with Gasteiger partial charge >= 0.3 is 6.18 Å². The Labute approximate surface area is 215 Å². The van der Waals surface area contributed by atoms with Gasteiger partial charge in [0.1, 0.15) is 0 Å². The minimum atomic E-state index is -4.33. The minimum absolute atomic E-state index is 0.0261. The van der Waals surface area contributed by atoms with E-state index in [0.29, 0.717) is 29.3 Å². The summed E-state index contributed by atoms with van der Waals surface area (Å²) in [5.41, 5.74) is 1.10. The number of alkyl halides is 3. The number of allylic oxidation sites excluding steroid dienone is 1. The summed E-state index contributed by atoms with van der Waals surface area (Å²) in [5, 5.41) is 3.67. The Morgan fingerprint density at radius 1 is 1.17 bits per heavy atom. The average molecular weight is 527 g/mol. The molecule has 0 aromatic heterocycles. The first-order valence-electron chi connectivity index (χ1n) is 11.7. The van der Waals surface area contributed by atoms with Crippen molar-refractivity contribution in [1.29, 1.82) is 0 Å². The van der Waals surface area contributed by atoms with Crippen molar-refractivity contribution in [3.05, 3.63) is 82.4 Å². The zero-order chi connectivity index (χ0) is 25.8. The summed E-state index contributed by atoms with van der Waals surface area (Å²) in [6.45, 7) is 6.57. The second-order valence-corrected chi connectivity index (χ2v) is 10.3. The van der Waals surface area contributed by atoms with E-state index in [-0.39, 0.29) is 18.4 Å². The fraction of sp³-hybridized carbons (Fsp3) is 0.444. The van der Waals surface area contributed by atoms with E-state index in [4.69, 9.17) is 23.2 Å². The van der Waals surface area contributed by atoms with Crippen LogP contribution in [0.15, 0.2) is 61.2 Å². The van der Waals surface area contributed by atoms with Crippen molar-refractivity contribution in [2.75, 3.05) is 13.1 Å². The molecule has 4 atom stereocenters. The Bertz CT molecular complexity index is 1030. The Morgan fingerprint density at radius 2 is 1.86 bits per heavy atom. The standard InChI is InChI=1S/C27H31Cl2F3N2O/c1-4-13-26(3)15-23(19-7-6-8-21(29)14-19)24(18-9-11-20(28)12-10-18)34(25(26)35)22(5-2)16-33-17-27(30,31)32/h4,6-12,14,22-24,33H,1,5,13,15-17H2,2-3H3. The van der Waals surface area contributed by atoms with Gasteiger partial charge in [-0.1, -0.05) is 67.4 Å². The van der Waals surface area contributed by atoms with Crippen molar-refractivity contribution in [1.82, 2.24) is 10.2 Å². The SMILES string of the molecule is C=CCC1(C)CC(c2cccc(Cl)c2)C(c2ccc(Cl)cc2)N(C(CC)CNCC(F)(F)F)C1=O. The molecule has 3 nitrogen and oxygen atoms in total. The Kier molecular flexibility index (Phi) is 8.95. The molecule has 3 rings (SSSR count). The van der Waals surface area contributed by atoms with Gasteiger partial charge in [0, 0.05) is 28.5 Å². The number of nitrogens with one attached hydrogen (secondary N) is 1. The van der Waals surface area contributed by atoms with Gasteiger partial charge in [0.25, 0.3) is 0 Å². The van der Waals surface area contributed by atoms with E-state index in [2.05, 4.69) is 11.9 Å². The first-order valence-corrected chi connectivity index (χ1v) is 12.5. The quantitative estimate of drug-likeness (QED) is 0.342. The minimum Gasteiger partial charge on any atom is -0.330 e. The molecule has 4 unspecified atom stereocenters. The molecule has 1 amide bonds. The highest BCUT2D eigenvalue weighted by molar-refractivity contribution is 6.30. The van der Waals surface area contributed by atoms with Gasteiger partial charge in [0.05, 0.1) is 18.0 Å². The molecule has 0 bridgehead atoms. The molecule has 1 fully saturated rings. The number of nitrogens with zero attached hydrogens (tertiary/aromatic N) is 1. The van der Waals surface area contributed by atoms with Crippen molar-refractivity contribution >= 4 is 29.1 Å². The monoisotopic (exact) mass is 526 g/mol. The summed E-state index contributed by atoms with van der Waals surface area (Å²) in [7, 11) is 0. The molecule has 1 aliphatic rings.